The minimum absolute atomic E-state index is 0.255. The third kappa shape index (κ3) is 28.8. The van der Waals surface area contributed by atoms with Crippen LogP contribution in [0.5, 0.6) is 0 Å². The Morgan fingerprint density at radius 3 is 1.40 bits per heavy atom. The van der Waals surface area contributed by atoms with Crippen LogP contribution in [-0.4, -0.2) is 140 Å². The molecule has 0 aromatic rings. The maximum atomic E-state index is 13.1. The predicted octanol–water partition coefficient (Wildman–Crippen LogP) is 8.89. The number of carbonyl (C=O) groups is 1. The van der Waals surface area contributed by atoms with Crippen molar-refractivity contribution in [3.05, 3.63) is 24.3 Å². The predicted molar refractivity (Wildman–Crippen MR) is 277 cm³/mol. The molecule has 70 heavy (non-hydrogen) atoms. The van der Waals surface area contributed by atoms with Gasteiger partial charge in [0.25, 0.3) is 0 Å². The van der Waals surface area contributed by atoms with Crippen LogP contribution in [0.3, 0.4) is 0 Å². The lowest BCUT2D eigenvalue weighted by Gasteiger charge is -2.46. The third-order valence-corrected chi connectivity index (χ3v) is 14.1. The van der Waals surface area contributed by atoms with E-state index in [2.05, 4.69) is 31.3 Å². The Hall–Kier alpha value is -1.53. The maximum Gasteiger partial charge on any atom is 0.220 e. The zero-order chi connectivity index (χ0) is 51.0. The lowest BCUT2D eigenvalue weighted by Crippen LogP contribution is -2.65. The molecular weight excluding hydrogens is 895 g/mol. The largest absolute Gasteiger partial charge is 0.394 e. The maximum absolute atomic E-state index is 13.1. The summed E-state index contributed by atoms with van der Waals surface area (Å²) in [5.74, 6) is -0.255. The molecule has 0 aromatic carbocycles. The Bertz CT molecular complexity index is 1270. The normalized spacial score (nSPS) is 26.1. The number of hydrogen-bond donors (Lipinski definition) is 9. The SMILES string of the molecule is CCCCCCCCCCCCCCCCCCCCCCCCC/C=C/CC/C=C/C(O)C(COC1OC(CO)C(OC2OC(CO)C(O)C(O)C2O)C(O)C1O)NC(=O)CCCCCCCCC. The van der Waals surface area contributed by atoms with E-state index in [9.17, 15) is 45.6 Å². The minimum atomic E-state index is -1.79. The van der Waals surface area contributed by atoms with Crippen LogP contribution in [0.4, 0.5) is 0 Å². The molecular formula is C56H105NO13. The average molecular weight is 1000 g/mol. The monoisotopic (exact) mass is 1000 g/mol. The van der Waals surface area contributed by atoms with E-state index in [0.717, 1.165) is 38.5 Å². The fraction of sp³-hybridized carbons (Fsp3) is 0.911. The summed E-state index contributed by atoms with van der Waals surface area (Å²) in [4.78, 5) is 13.1. The van der Waals surface area contributed by atoms with Crippen molar-refractivity contribution in [2.75, 3.05) is 19.8 Å². The molecule has 2 heterocycles. The van der Waals surface area contributed by atoms with Gasteiger partial charge in [0.1, 0.15) is 48.8 Å². The summed E-state index contributed by atoms with van der Waals surface area (Å²) in [5.41, 5.74) is 0. The van der Waals surface area contributed by atoms with Gasteiger partial charge in [0, 0.05) is 6.42 Å². The van der Waals surface area contributed by atoms with E-state index < -0.39 is 86.8 Å². The molecule has 2 fully saturated rings. The van der Waals surface area contributed by atoms with Gasteiger partial charge in [0.2, 0.25) is 5.91 Å². The Morgan fingerprint density at radius 1 is 0.500 bits per heavy atom. The molecule has 2 rings (SSSR count). The van der Waals surface area contributed by atoms with Crippen molar-refractivity contribution in [2.24, 2.45) is 0 Å². The number of carbonyl (C=O) groups excluding carboxylic acids is 1. The molecule has 0 radical (unpaired) electrons. The molecule has 2 aliphatic heterocycles. The molecule has 12 unspecified atom stereocenters. The van der Waals surface area contributed by atoms with Crippen LogP contribution >= 0.6 is 0 Å². The summed E-state index contributed by atoms with van der Waals surface area (Å²) < 4.78 is 22.6. The molecule has 9 N–H and O–H groups in total. The number of hydrogen-bond acceptors (Lipinski definition) is 13. The Morgan fingerprint density at radius 2 is 0.914 bits per heavy atom. The smallest absolute Gasteiger partial charge is 0.220 e. The molecule has 14 heteroatoms. The first-order valence-corrected chi connectivity index (χ1v) is 28.6. The lowest BCUT2D eigenvalue weighted by molar-refractivity contribution is -0.359. The van der Waals surface area contributed by atoms with E-state index in [1.807, 2.05) is 6.08 Å². The van der Waals surface area contributed by atoms with Gasteiger partial charge in [-0.3, -0.25) is 4.79 Å². The van der Waals surface area contributed by atoms with Gasteiger partial charge in [0.15, 0.2) is 12.6 Å². The van der Waals surface area contributed by atoms with E-state index >= 15 is 0 Å². The minimum Gasteiger partial charge on any atom is -0.394 e. The van der Waals surface area contributed by atoms with Crippen molar-refractivity contribution in [2.45, 2.75) is 306 Å². The zero-order valence-electron chi connectivity index (χ0n) is 44.0. The first-order chi connectivity index (χ1) is 34.1. The standard InChI is InChI=1S/C56H105NO13/c1-3-5-7-9-11-12-13-14-15-16-17-18-19-20-21-22-23-24-25-26-27-28-29-30-31-32-34-35-37-39-45(60)44(57-48(61)40-38-36-33-10-8-6-4-2)43-67-55-53(66)51(64)54(47(42-59)69-55)70-56-52(65)50(63)49(62)46(41-58)68-56/h31-32,37,39,44-47,49-56,58-60,62-66H,3-30,33-36,38,40-43H2,1-2H3,(H,57,61)/b32-31+,39-37+. The number of unbranched alkanes of at least 4 members (excludes halogenated alkanes) is 30. The highest BCUT2D eigenvalue weighted by Gasteiger charge is 2.51. The molecule has 0 saturated carbocycles. The van der Waals surface area contributed by atoms with E-state index in [1.165, 1.54) is 161 Å². The number of nitrogens with one attached hydrogen (secondary N) is 1. The summed E-state index contributed by atoms with van der Waals surface area (Å²) in [7, 11) is 0. The van der Waals surface area contributed by atoms with Crippen LogP contribution < -0.4 is 5.32 Å². The number of amides is 1. The van der Waals surface area contributed by atoms with Gasteiger partial charge in [-0.1, -0.05) is 218 Å². The fourth-order valence-corrected chi connectivity index (χ4v) is 9.48. The molecule has 0 aliphatic carbocycles. The van der Waals surface area contributed by atoms with E-state index in [4.69, 9.17) is 18.9 Å². The van der Waals surface area contributed by atoms with Crippen molar-refractivity contribution >= 4 is 5.91 Å². The van der Waals surface area contributed by atoms with E-state index in [0.29, 0.717) is 12.8 Å². The molecule has 1 amide bonds. The van der Waals surface area contributed by atoms with Gasteiger partial charge < -0.3 is 65.1 Å². The highest BCUT2D eigenvalue weighted by molar-refractivity contribution is 5.76. The first kappa shape index (κ1) is 64.6. The molecule has 2 aliphatic rings. The van der Waals surface area contributed by atoms with Crippen molar-refractivity contribution in [1.29, 1.82) is 0 Å². The second kappa shape index (κ2) is 42.8. The zero-order valence-corrected chi connectivity index (χ0v) is 44.0. The summed E-state index contributed by atoms with van der Waals surface area (Å²) in [6, 6.07) is -0.925. The van der Waals surface area contributed by atoms with Crippen LogP contribution in [0.1, 0.15) is 232 Å². The van der Waals surface area contributed by atoms with E-state index in [-0.39, 0.29) is 18.9 Å². The molecule has 0 aromatic heterocycles. The fourth-order valence-electron chi connectivity index (χ4n) is 9.48. The van der Waals surface area contributed by atoms with Crippen LogP contribution in [0.25, 0.3) is 0 Å². The summed E-state index contributed by atoms with van der Waals surface area (Å²) in [6.45, 7) is 2.73. The van der Waals surface area contributed by atoms with Gasteiger partial charge in [0.05, 0.1) is 32.0 Å². The van der Waals surface area contributed by atoms with Crippen molar-refractivity contribution in [3.8, 4) is 0 Å². The number of ether oxygens (including phenoxy) is 4. The van der Waals surface area contributed by atoms with Crippen LogP contribution in [0.15, 0.2) is 24.3 Å². The Labute approximate surface area is 424 Å². The number of rotatable bonds is 45. The van der Waals surface area contributed by atoms with Crippen molar-refractivity contribution in [1.82, 2.24) is 5.32 Å². The summed E-state index contributed by atoms with van der Waals surface area (Å²) in [6.07, 6.45) is 32.8. The molecule has 412 valence electrons. The van der Waals surface area contributed by atoms with E-state index in [1.54, 1.807) is 6.08 Å². The first-order valence-electron chi connectivity index (χ1n) is 28.6. The van der Waals surface area contributed by atoms with Crippen LogP contribution in [0, 0.1) is 0 Å². The molecule has 14 nitrogen and oxygen atoms in total. The molecule has 0 spiro atoms. The van der Waals surface area contributed by atoms with Gasteiger partial charge in [-0.2, -0.15) is 0 Å². The lowest BCUT2D eigenvalue weighted by atomic mass is 9.97. The average Bonchev–Trinajstić information content (AvgIpc) is 3.36. The van der Waals surface area contributed by atoms with Gasteiger partial charge >= 0.3 is 0 Å². The topological polar surface area (TPSA) is 228 Å². The number of aliphatic hydroxyl groups excluding tert-OH is 8. The summed E-state index contributed by atoms with van der Waals surface area (Å²) in [5, 5.41) is 86.6. The molecule has 2 saturated heterocycles. The highest BCUT2D eigenvalue weighted by Crippen LogP contribution is 2.30. The second-order valence-corrected chi connectivity index (χ2v) is 20.4. The highest BCUT2D eigenvalue weighted by atomic mass is 16.7. The third-order valence-electron chi connectivity index (χ3n) is 14.1. The van der Waals surface area contributed by atoms with Crippen molar-refractivity contribution < 1.29 is 64.6 Å². The molecule has 0 bridgehead atoms. The number of aliphatic hydroxyl groups is 8. The number of allylic oxidation sites excluding steroid dienone is 3. The second-order valence-electron chi connectivity index (χ2n) is 20.4. The Balaban J connectivity index is 1.67. The van der Waals surface area contributed by atoms with Crippen LogP contribution in [0.2, 0.25) is 0 Å². The quantitative estimate of drug-likeness (QED) is 0.0205. The van der Waals surface area contributed by atoms with Gasteiger partial charge in [-0.25, -0.2) is 0 Å². The molecule has 12 atom stereocenters. The van der Waals surface area contributed by atoms with Crippen molar-refractivity contribution in [3.63, 3.8) is 0 Å². The Kier molecular flexibility index (Phi) is 39.5. The van der Waals surface area contributed by atoms with Crippen LogP contribution in [-0.2, 0) is 23.7 Å². The summed E-state index contributed by atoms with van der Waals surface area (Å²) >= 11 is 0. The van der Waals surface area contributed by atoms with Gasteiger partial charge in [-0.15, -0.1) is 0 Å². The van der Waals surface area contributed by atoms with Gasteiger partial charge in [-0.05, 0) is 32.1 Å².